The highest BCUT2D eigenvalue weighted by Gasteiger charge is 2.33. The summed E-state index contributed by atoms with van der Waals surface area (Å²) in [4.78, 5) is 41.7. The van der Waals surface area contributed by atoms with Crippen molar-refractivity contribution in [1.82, 2.24) is 20.3 Å². The first-order chi connectivity index (χ1) is 19.3. The fourth-order valence-electron chi connectivity index (χ4n) is 4.36. The third-order valence-corrected chi connectivity index (χ3v) is 6.48. The van der Waals surface area contributed by atoms with E-state index in [0.717, 1.165) is 6.42 Å². The lowest BCUT2D eigenvalue weighted by atomic mass is 10.0. The number of para-hydroxylation sites is 1. The Morgan fingerprint density at radius 1 is 0.975 bits per heavy atom. The fraction of sp³-hybridized carbons (Fsp3) is 0.300. The second kappa shape index (κ2) is 12.9. The van der Waals surface area contributed by atoms with Crippen LogP contribution in [-0.2, 0) is 20.9 Å². The number of rotatable bonds is 11. The van der Waals surface area contributed by atoms with E-state index in [1.807, 2.05) is 24.3 Å². The number of amides is 2. The third-order valence-electron chi connectivity index (χ3n) is 6.48. The summed E-state index contributed by atoms with van der Waals surface area (Å²) in [5, 5.41) is 11.3. The van der Waals surface area contributed by atoms with E-state index in [-0.39, 0.29) is 18.0 Å². The molecule has 10 heteroatoms. The van der Waals surface area contributed by atoms with Gasteiger partial charge in [-0.1, -0.05) is 49.4 Å². The zero-order chi connectivity index (χ0) is 28.6. The van der Waals surface area contributed by atoms with E-state index in [0.29, 0.717) is 40.5 Å². The van der Waals surface area contributed by atoms with Gasteiger partial charge in [0.05, 0.1) is 25.3 Å². The van der Waals surface area contributed by atoms with Crippen LogP contribution in [0.4, 0.5) is 5.69 Å². The number of esters is 1. The van der Waals surface area contributed by atoms with Crippen molar-refractivity contribution in [3.05, 3.63) is 83.9 Å². The average molecular weight is 544 g/mol. The number of methoxy groups -OCH3 is 2. The predicted octanol–water partition coefficient (Wildman–Crippen LogP) is 4.16. The highest BCUT2D eigenvalue weighted by molar-refractivity contribution is 6.02. The summed E-state index contributed by atoms with van der Waals surface area (Å²) in [5.41, 5.74) is 2.51. The second-order valence-electron chi connectivity index (χ2n) is 9.69. The van der Waals surface area contributed by atoms with Crippen LogP contribution in [0.2, 0.25) is 0 Å². The number of fused-ring (bicyclic) bond motifs is 1. The molecule has 0 aliphatic carbocycles. The van der Waals surface area contributed by atoms with Crippen LogP contribution in [0.15, 0.2) is 72.8 Å². The molecule has 0 fully saturated rings. The summed E-state index contributed by atoms with van der Waals surface area (Å²) in [6, 6.07) is 19.7. The molecular weight excluding hydrogens is 510 g/mol. The molecule has 40 heavy (non-hydrogen) atoms. The molecule has 1 aromatic heterocycles. The zero-order valence-corrected chi connectivity index (χ0v) is 23.0. The van der Waals surface area contributed by atoms with Crippen LogP contribution in [-0.4, -0.2) is 53.5 Å². The van der Waals surface area contributed by atoms with Gasteiger partial charge in [0, 0.05) is 12.2 Å². The number of aromatic nitrogens is 3. The quantitative estimate of drug-likeness (QED) is 0.282. The van der Waals surface area contributed by atoms with Gasteiger partial charge < -0.3 is 14.8 Å². The molecule has 0 aliphatic heterocycles. The number of benzene rings is 3. The zero-order valence-electron chi connectivity index (χ0n) is 23.0. The van der Waals surface area contributed by atoms with Gasteiger partial charge in [-0.3, -0.25) is 14.5 Å². The number of carbonyl (C=O) groups excluding carboxylic acids is 3. The normalized spacial score (nSPS) is 11.7. The first-order valence-electron chi connectivity index (χ1n) is 13.0. The summed E-state index contributed by atoms with van der Waals surface area (Å²) in [6.45, 7) is 4.41. The Morgan fingerprint density at radius 3 is 2.42 bits per heavy atom. The van der Waals surface area contributed by atoms with Crippen molar-refractivity contribution in [3.8, 4) is 5.75 Å². The van der Waals surface area contributed by atoms with Gasteiger partial charge in [-0.25, -0.2) is 9.48 Å². The first kappa shape index (κ1) is 28.3. The van der Waals surface area contributed by atoms with Crippen LogP contribution in [0.3, 0.4) is 0 Å². The van der Waals surface area contributed by atoms with Crippen LogP contribution in [0.5, 0.6) is 5.75 Å². The summed E-state index contributed by atoms with van der Waals surface area (Å²) in [7, 11) is 2.85. The molecule has 0 bridgehead atoms. The van der Waals surface area contributed by atoms with Gasteiger partial charge in [0.25, 0.3) is 0 Å². The minimum absolute atomic E-state index is 0.186. The predicted molar refractivity (Wildman–Crippen MR) is 151 cm³/mol. The monoisotopic (exact) mass is 543 g/mol. The molecule has 0 spiro atoms. The smallest absolute Gasteiger partial charge is 0.337 e. The van der Waals surface area contributed by atoms with Gasteiger partial charge in [-0.2, -0.15) is 0 Å². The summed E-state index contributed by atoms with van der Waals surface area (Å²) >= 11 is 0. The van der Waals surface area contributed by atoms with Crippen LogP contribution in [0, 0.1) is 5.92 Å². The Morgan fingerprint density at radius 2 is 1.73 bits per heavy atom. The molecule has 0 unspecified atom stereocenters. The minimum Gasteiger partial charge on any atom is -0.497 e. The molecule has 10 nitrogen and oxygen atoms in total. The highest BCUT2D eigenvalue weighted by Crippen LogP contribution is 2.31. The third kappa shape index (κ3) is 6.45. The lowest BCUT2D eigenvalue weighted by Crippen LogP contribution is -2.45. The van der Waals surface area contributed by atoms with Gasteiger partial charge in [-0.15, -0.1) is 5.10 Å². The number of anilines is 1. The molecular formula is C30H33N5O5. The van der Waals surface area contributed by atoms with Crippen molar-refractivity contribution >= 4 is 34.5 Å². The van der Waals surface area contributed by atoms with Crippen molar-refractivity contribution in [1.29, 1.82) is 0 Å². The van der Waals surface area contributed by atoms with Crippen molar-refractivity contribution in [3.63, 3.8) is 0 Å². The molecule has 1 N–H and O–H groups in total. The van der Waals surface area contributed by atoms with E-state index in [9.17, 15) is 14.4 Å². The molecule has 4 rings (SSSR count). The number of carbonyl (C=O) groups is 3. The van der Waals surface area contributed by atoms with Crippen molar-refractivity contribution in [2.45, 2.75) is 32.9 Å². The highest BCUT2D eigenvalue weighted by atomic mass is 16.5. The van der Waals surface area contributed by atoms with E-state index in [1.165, 1.54) is 16.7 Å². The number of nitrogens with zero attached hydrogens (tertiary/aromatic N) is 4. The summed E-state index contributed by atoms with van der Waals surface area (Å²) in [5.74, 6) is -0.334. The molecule has 1 atom stereocenters. The largest absolute Gasteiger partial charge is 0.497 e. The summed E-state index contributed by atoms with van der Waals surface area (Å²) in [6.07, 6.45) is 0.776. The molecule has 0 aliphatic rings. The maximum absolute atomic E-state index is 14.1. The molecule has 208 valence electrons. The van der Waals surface area contributed by atoms with Crippen molar-refractivity contribution < 1.29 is 23.9 Å². The molecule has 0 saturated heterocycles. The van der Waals surface area contributed by atoms with Gasteiger partial charge >= 0.3 is 5.97 Å². The van der Waals surface area contributed by atoms with Crippen molar-refractivity contribution in [2.24, 2.45) is 5.92 Å². The van der Waals surface area contributed by atoms with E-state index in [2.05, 4.69) is 29.5 Å². The van der Waals surface area contributed by atoms with Gasteiger partial charge in [0.2, 0.25) is 11.8 Å². The molecule has 0 saturated carbocycles. The summed E-state index contributed by atoms with van der Waals surface area (Å²) < 4.78 is 11.7. The Hall–Kier alpha value is -4.73. The Kier molecular flexibility index (Phi) is 9.11. The van der Waals surface area contributed by atoms with Crippen LogP contribution < -0.4 is 15.0 Å². The first-order valence-corrected chi connectivity index (χ1v) is 13.0. The number of nitrogens with one attached hydrogen (secondary N) is 1. The SMILES string of the molecule is COC(=O)c1cccc(N(C(=O)Cn2nnc3ccccc32)[C@H](C(=O)NCCC(C)C)c2ccc(OC)cc2)c1. The Bertz CT molecular complexity index is 1480. The standard InChI is InChI=1S/C30H33N5O5/c1-20(2)16-17-31-29(37)28(21-12-14-24(39-3)15-13-21)35(23-9-7-8-22(18-23)30(38)40-4)27(36)19-34-26-11-6-5-10-25(26)32-33-34/h5-15,18,20,28H,16-17,19H2,1-4H3,(H,31,37)/t28-/m0/s1. The molecule has 2 amide bonds. The van der Waals surface area contributed by atoms with Crippen molar-refractivity contribution in [2.75, 3.05) is 25.7 Å². The number of hydrogen-bond acceptors (Lipinski definition) is 7. The average Bonchev–Trinajstić information content (AvgIpc) is 3.37. The fourth-order valence-corrected chi connectivity index (χ4v) is 4.36. The minimum atomic E-state index is -1.05. The van der Waals surface area contributed by atoms with E-state index in [1.54, 1.807) is 55.6 Å². The maximum Gasteiger partial charge on any atom is 0.337 e. The van der Waals surface area contributed by atoms with Gasteiger partial charge in [0.15, 0.2) is 0 Å². The molecule has 3 aromatic carbocycles. The van der Waals surface area contributed by atoms with Crippen LogP contribution in [0.25, 0.3) is 11.0 Å². The second-order valence-corrected chi connectivity index (χ2v) is 9.69. The van der Waals surface area contributed by atoms with E-state index < -0.39 is 17.9 Å². The molecule has 1 heterocycles. The van der Waals surface area contributed by atoms with E-state index >= 15 is 0 Å². The van der Waals surface area contributed by atoms with Gasteiger partial charge in [0.1, 0.15) is 23.9 Å². The van der Waals surface area contributed by atoms with Crippen LogP contribution >= 0.6 is 0 Å². The topological polar surface area (TPSA) is 116 Å². The molecule has 4 aromatic rings. The van der Waals surface area contributed by atoms with Gasteiger partial charge in [-0.05, 0) is 60.4 Å². The lowest BCUT2D eigenvalue weighted by molar-refractivity contribution is -0.127. The maximum atomic E-state index is 14.1. The molecule has 0 radical (unpaired) electrons. The van der Waals surface area contributed by atoms with Crippen LogP contribution in [0.1, 0.15) is 42.2 Å². The lowest BCUT2D eigenvalue weighted by Gasteiger charge is -2.32. The Balaban J connectivity index is 1.81. The number of hydrogen-bond donors (Lipinski definition) is 1. The van der Waals surface area contributed by atoms with E-state index in [4.69, 9.17) is 9.47 Å². The Labute approximate surface area is 232 Å². The number of ether oxygens (including phenoxy) is 2.